The summed E-state index contributed by atoms with van der Waals surface area (Å²) in [5, 5.41) is 2.62. The zero-order valence-corrected chi connectivity index (χ0v) is 32.0. The largest absolute Gasteiger partial charge is 0.310 e. The van der Waals surface area contributed by atoms with Gasteiger partial charge in [-0.3, -0.25) is 0 Å². The van der Waals surface area contributed by atoms with Crippen LogP contribution in [0.1, 0.15) is 22.3 Å². The molecule has 0 bridgehead atoms. The van der Waals surface area contributed by atoms with Crippen LogP contribution in [0.2, 0.25) is 0 Å². The Labute approximate surface area is 337 Å². The van der Waals surface area contributed by atoms with Gasteiger partial charge in [0, 0.05) is 37.1 Å². The van der Waals surface area contributed by atoms with Crippen molar-refractivity contribution in [2.45, 2.75) is 5.41 Å². The monoisotopic (exact) mass is 743 g/mol. The number of fused-ring (bicyclic) bond motifs is 6. The van der Waals surface area contributed by atoms with E-state index in [4.69, 9.17) is 0 Å². The third-order valence-electron chi connectivity index (χ3n) is 11.7. The van der Waals surface area contributed by atoms with Crippen molar-refractivity contribution >= 4 is 48.6 Å². The lowest BCUT2D eigenvalue weighted by molar-refractivity contribution is 0.768. The Morgan fingerprint density at radius 2 is 0.912 bits per heavy atom. The second-order valence-corrected chi connectivity index (χ2v) is 15.9. The van der Waals surface area contributed by atoms with Gasteiger partial charge in [0.05, 0.1) is 11.1 Å². The number of nitrogens with zero attached hydrogens (tertiary/aromatic N) is 1. The van der Waals surface area contributed by atoms with Gasteiger partial charge in [-0.25, -0.2) is 0 Å². The topological polar surface area (TPSA) is 3.24 Å². The van der Waals surface area contributed by atoms with Crippen LogP contribution >= 0.6 is 11.3 Å². The van der Waals surface area contributed by atoms with E-state index >= 15 is 0 Å². The second-order valence-electron chi connectivity index (χ2n) is 14.8. The van der Waals surface area contributed by atoms with Gasteiger partial charge in [-0.2, -0.15) is 0 Å². The van der Waals surface area contributed by atoms with E-state index < -0.39 is 5.41 Å². The molecule has 0 amide bonds. The first-order chi connectivity index (χ1) is 28.3. The van der Waals surface area contributed by atoms with Crippen molar-refractivity contribution in [2.75, 3.05) is 4.90 Å². The summed E-state index contributed by atoms with van der Waals surface area (Å²) < 4.78 is 2.64. The molecule has 9 aromatic carbocycles. The lowest BCUT2D eigenvalue weighted by atomic mass is 9.67. The molecular weight excluding hydrogens is 707 g/mol. The third-order valence-corrected chi connectivity index (χ3v) is 12.9. The molecule has 1 heterocycles. The highest BCUT2D eigenvalue weighted by molar-refractivity contribution is 7.25. The number of benzene rings is 9. The SMILES string of the molecule is c1ccc(-c2ccccc2N(c2cccc(-c3ccc4sc5ccccc5c4c3)c2)c2ccc3c(c2)C(c2ccccc2)(c2ccccc2)c2ccccc2-3)cc1. The van der Waals surface area contributed by atoms with E-state index in [1.54, 1.807) is 0 Å². The van der Waals surface area contributed by atoms with Crippen molar-refractivity contribution in [3.63, 3.8) is 0 Å². The normalized spacial score (nSPS) is 12.7. The highest BCUT2D eigenvalue weighted by Crippen LogP contribution is 2.57. The van der Waals surface area contributed by atoms with Crippen LogP contribution in [0, 0.1) is 0 Å². The molecule has 0 unspecified atom stereocenters. The maximum absolute atomic E-state index is 2.47. The summed E-state index contributed by atoms with van der Waals surface area (Å²) >= 11 is 1.86. The Kier molecular flexibility index (Phi) is 7.98. The molecule has 2 heteroatoms. The molecule has 0 radical (unpaired) electrons. The average Bonchev–Trinajstić information content (AvgIpc) is 3.81. The highest BCUT2D eigenvalue weighted by Gasteiger charge is 2.46. The van der Waals surface area contributed by atoms with E-state index in [9.17, 15) is 0 Å². The van der Waals surface area contributed by atoms with Gasteiger partial charge in [0.1, 0.15) is 0 Å². The molecule has 1 aliphatic carbocycles. The molecule has 1 aliphatic rings. The van der Waals surface area contributed by atoms with Crippen LogP contribution in [0.5, 0.6) is 0 Å². The molecule has 57 heavy (non-hydrogen) atoms. The zero-order chi connectivity index (χ0) is 37.8. The number of para-hydroxylation sites is 1. The van der Waals surface area contributed by atoms with Crippen LogP contribution in [0.25, 0.3) is 53.6 Å². The highest BCUT2D eigenvalue weighted by atomic mass is 32.1. The van der Waals surface area contributed by atoms with Gasteiger partial charge in [-0.05, 0) is 98.6 Å². The number of anilines is 3. The number of hydrogen-bond acceptors (Lipinski definition) is 2. The molecule has 0 spiro atoms. The first kappa shape index (κ1) is 33.3. The molecule has 0 saturated carbocycles. The van der Waals surface area contributed by atoms with Gasteiger partial charge in [-0.15, -0.1) is 11.3 Å². The summed E-state index contributed by atoms with van der Waals surface area (Å²) in [5.74, 6) is 0. The molecule has 1 nitrogen and oxygen atoms in total. The van der Waals surface area contributed by atoms with Crippen LogP contribution in [0.3, 0.4) is 0 Å². The molecule has 0 atom stereocenters. The Morgan fingerprint density at radius 1 is 0.333 bits per heavy atom. The van der Waals surface area contributed by atoms with Crippen molar-refractivity contribution in [2.24, 2.45) is 0 Å². The fourth-order valence-electron chi connectivity index (χ4n) is 9.26. The van der Waals surface area contributed by atoms with Crippen LogP contribution in [0.4, 0.5) is 17.1 Å². The van der Waals surface area contributed by atoms with Crippen molar-refractivity contribution in [1.82, 2.24) is 0 Å². The predicted molar refractivity (Wildman–Crippen MR) is 242 cm³/mol. The second kappa shape index (κ2) is 13.6. The maximum atomic E-state index is 2.47. The Morgan fingerprint density at radius 3 is 1.70 bits per heavy atom. The summed E-state index contributed by atoms with van der Waals surface area (Å²) in [6.45, 7) is 0. The number of thiophene rings is 1. The predicted octanol–water partition coefficient (Wildman–Crippen LogP) is 15.2. The summed E-state index contributed by atoms with van der Waals surface area (Å²) in [5.41, 5.74) is 15.2. The number of hydrogen-bond donors (Lipinski definition) is 0. The Balaban J connectivity index is 1.16. The van der Waals surface area contributed by atoms with Crippen LogP contribution < -0.4 is 4.90 Å². The van der Waals surface area contributed by atoms with Crippen molar-refractivity contribution in [3.05, 3.63) is 247 Å². The minimum absolute atomic E-state index is 0.504. The smallest absolute Gasteiger partial charge is 0.0714 e. The van der Waals surface area contributed by atoms with Gasteiger partial charge < -0.3 is 4.90 Å². The molecule has 268 valence electrons. The van der Waals surface area contributed by atoms with E-state index in [2.05, 4.69) is 229 Å². The van der Waals surface area contributed by atoms with Crippen LogP contribution in [0.15, 0.2) is 224 Å². The minimum Gasteiger partial charge on any atom is -0.310 e. The Hall–Kier alpha value is -7.00. The van der Waals surface area contributed by atoms with E-state index in [-0.39, 0.29) is 0 Å². The first-order valence-electron chi connectivity index (χ1n) is 19.6. The van der Waals surface area contributed by atoms with E-state index in [1.807, 2.05) is 11.3 Å². The van der Waals surface area contributed by atoms with Gasteiger partial charge in [0.15, 0.2) is 0 Å². The summed E-state index contributed by atoms with van der Waals surface area (Å²) in [4.78, 5) is 2.47. The average molecular weight is 744 g/mol. The first-order valence-corrected chi connectivity index (χ1v) is 20.4. The van der Waals surface area contributed by atoms with Crippen molar-refractivity contribution < 1.29 is 0 Å². The fourth-order valence-corrected chi connectivity index (χ4v) is 10.3. The van der Waals surface area contributed by atoms with Crippen molar-refractivity contribution in [3.8, 4) is 33.4 Å². The lowest BCUT2D eigenvalue weighted by Gasteiger charge is -2.35. The quantitative estimate of drug-likeness (QED) is 0.157. The van der Waals surface area contributed by atoms with Gasteiger partial charge in [-0.1, -0.05) is 176 Å². The fraction of sp³-hybridized carbons (Fsp3) is 0.0182. The third kappa shape index (κ3) is 5.37. The summed E-state index contributed by atoms with van der Waals surface area (Å²) in [6, 6.07) is 82.6. The lowest BCUT2D eigenvalue weighted by Crippen LogP contribution is -2.28. The van der Waals surface area contributed by atoms with E-state index in [0.717, 1.165) is 17.1 Å². The minimum atomic E-state index is -0.504. The molecule has 10 aromatic rings. The molecule has 0 fully saturated rings. The summed E-state index contributed by atoms with van der Waals surface area (Å²) in [7, 11) is 0. The Bertz CT molecular complexity index is 3030. The maximum Gasteiger partial charge on any atom is 0.0714 e. The summed E-state index contributed by atoms with van der Waals surface area (Å²) in [6.07, 6.45) is 0. The molecule has 11 rings (SSSR count). The van der Waals surface area contributed by atoms with Gasteiger partial charge in [0.25, 0.3) is 0 Å². The standard InChI is InChI=1S/C55H37NS/c1-4-17-38(18-5-1)45-25-11-14-29-52(45)56(43-24-16-19-39(35-43)40-31-34-54-49(36-40)48-27-12-15-30-53(48)57-54)44-32-33-47-46-26-10-13-28-50(46)55(51(47)37-44,41-20-6-2-7-21-41)42-22-8-3-9-23-42/h1-37H. The van der Waals surface area contributed by atoms with Gasteiger partial charge >= 0.3 is 0 Å². The van der Waals surface area contributed by atoms with E-state index in [1.165, 1.54) is 75.8 Å². The van der Waals surface area contributed by atoms with E-state index in [0.29, 0.717) is 0 Å². The van der Waals surface area contributed by atoms with Crippen molar-refractivity contribution in [1.29, 1.82) is 0 Å². The molecule has 0 N–H and O–H groups in total. The van der Waals surface area contributed by atoms with Crippen LogP contribution in [-0.4, -0.2) is 0 Å². The molecule has 0 saturated heterocycles. The number of rotatable bonds is 7. The molecular formula is C55H37NS. The van der Waals surface area contributed by atoms with Crippen LogP contribution in [-0.2, 0) is 5.41 Å². The zero-order valence-electron chi connectivity index (χ0n) is 31.2. The molecule has 0 aliphatic heterocycles. The molecule has 1 aromatic heterocycles. The van der Waals surface area contributed by atoms with Gasteiger partial charge in [0.2, 0.25) is 0 Å².